The number of nitrogens with zero attached hydrogens (tertiary/aromatic N) is 1. The van der Waals surface area contributed by atoms with Crippen molar-refractivity contribution in [3.63, 3.8) is 0 Å². The van der Waals surface area contributed by atoms with Crippen molar-refractivity contribution in [3.05, 3.63) is 90.6 Å². The molecule has 1 aromatic heterocycles. The fraction of sp³-hybridized carbons (Fsp3) is 0.0690. The van der Waals surface area contributed by atoms with Gasteiger partial charge in [0.25, 0.3) is 5.91 Å². The Labute approximate surface area is 218 Å². The van der Waals surface area contributed by atoms with Gasteiger partial charge in [-0.2, -0.15) is 0 Å². The van der Waals surface area contributed by atoms with Gasteiger partial charge < -0.3 is 30.6 Å². The number of ether oxygens (including phenoxy) is 3. The highest BCUT2D eigenvalue weighted by atomic mass is 16.5. The smallest absolute Gasteiger partial charge is 0.323 e. The maximum absolute atomic E-state index is 12.7. The molecule has 190 valence electrons. The number of hydrogen-bond donors (Lipinski definition) is 3. The molecule has 0 aliphatic carbocycles. The van der Waals surface area contributed by atoms with E-state index in [9.17, 15) is 9.59 Å². The third kappa shape index (κ3) is 4.85. The first kappa shape index (κ1) is 24.4. The van der Waals surface area contributed by atoms with Crippen molar-refractivity contribution in [1.82, 2.24) is 4.98 Å². The third-order valence-electron chi connectivity index (χ3n) is 5.99. The molecule has 38 heavy (non-hydrogen) atoms. The zero-order chi connectivity index (χ0) is 26.6. The van der Waals surface area contributed by atoms with Gasteiger partial charge in [0.1, 0.15) is 23.0 Å². The molecular formula is C29H24N4O5. The van der Waals surface area contributed by atoms with Crippen LogP contribution in [0.3, 0.4) is 0 Å². The molecule has 0 fully saturated rings. The van der Waals surface area contributed by atoms with Crippen LogP contribution in [0.15, 0.2) is 85.1 Å². The predicted molar refractivity (Wildman–Crippen MR) is 146 cm³/mol. The van der Waals surface area contributed by atoms with Crippen molar-refractivity contribution in [2.75, 3.05) is 24.9 Å². The van der Waals surface area contributed by atoms with E-state index in [1.165, 1.54) is 7.11 Å². The second-order valence-electron chi connectivity index (χ2n) is 8.31. The monoisotopic (exact) mass is 508 g/mol. The Balaban J connectivity index is 1.46. The molecular weight excluding hydrogens is 484 g/mol. The highest BCUT2D eigenvalue weighted by Crippen LogP contribution is 2.38. The van der Waals surface area contributed by atoms with Gasteiger partial charge in [-0.05, 0) is 48.5 Å². The molecule has 0 saturated carbocycles. The Morgan fingerprint density at radius 1 is 0.763 bits per heavy atom. The van der Waals surface area contributed by atoms with Crippen molar-refractivity contribution >= 4 is 45.0 Å². The van der Waals surface area contributed by atoms with Crippen LogP contribution in [-0.4, -0.2) is 31.1 Å². The van der Waals surface area contributed by atoms with E-state index in [-0.39, 0.29) is 11.6 Å². The van der Waals surface area contributed by atoms with Crippen LogP contribution in [-0.2, 0) is 0 Å². The van der Waals surface area contributed by atoms with Crippen molar-refractivity contribution in [2.24, 2.45) is 5.73 Å². The lowest BCUT2D eigenvalue weighted by Crippen LogP contribution is -2.19. The molecule has 1 heterocycles. The number of aromatic nitrogens is 1. The van der Waals surface area contributed by atoms with Gasteiger partial charge in [-0.3, -0.25) is 9.78 Å². The van der Waals surface area contributed by atoms with Gasteiger partial charge in [-0.15, -0.1) is 0 Å². The van der Waals surface area contributed by atoms with Crippen LogP contribution in [0.25, 0.3) is 21.7 Å². The number of benzene rings is 4. The van der Waals surface area contributed by atoms with Gasteiger partial charge in [0.05, 0.1) is 31.0 Å². The average molecular weight is 509 g/mol. The molecule has 5 aromatic rings. The van der Waals surface area contributed by atoms with Gasteiger partial charge in [0, 0.05) is 34.1 Å². The Hall–Kier alpha value is -5.31. The van der Waals surface area contributed by atoms with Crippen LogP contribution in [0.1, 0.15) is 10.4 Å². The lowest BCUT2D eigenvalue weighted by atomic mass is 10.1. The normalized spacial score (nSPS) is 10.7. The van der Waals surface area contributed by atoms with Crippen molar-refractivity contribution in [3.8, 4) is 23.0 Å². The van der Waals surface area contributed by atoms with E-state index in [2.05, 4.69) is 15.6 Å². The molecule has 0 radical (unpaired) electrons. The van der Waals surface area contributed by atoms with Crippen LogP contribution in [0.4, 0.5) is 16.2 Å². The summed E-state index contributed by atoms with van der Waals surface area (Å²) >= 11 is 0. The second kappa shape index (κ2) is 10.4. The summed E-state index contributed by atoms with van der Waals surface area (Å²) in [6, 6.07) is 22.7. The Morgan fingerprint density at radius 2 is 1.50 bits per heavy atom. The highest BCUT2D eigenvalue weighted by Gasteiger charge is 2.16. The van der Waals surface area contributed by atoms with Crippen LogP contribution in [0.5, 0.6) is 23.0 Å². The first-order valence-electron chi connectivity index (χ1n) is 11.6. The molecule has 4 aromatic carbocycles. The predicted octanol–water partition coefficient (Wildman–Crippen LogP) is 5.94. The molecule has 9 heteroatoms. The number of anilines is 2. The van der Waals surface area contributed by atoms with Crippen LogP contribution < -0.4 is 30.6 Å². The van der Waals surface area contributed by atoms with E-state index in [1.54, 1.807) is 67.9 Å². The number of hydrogen-bond acceptors (Lipinski definition) is 6. The van der Waals surface area contributed by atoms with E-state index in [0.29, 0.717) is 45.3 Å². The fourth-order valence-electron chi connectivity index (χ4n) is 4.15. The Kier molecular flexibility index (Phi) is 6.65. The largest absolute Gasteiger partial charge is 0.497 e. The second-order valence-corrected chi connectivity index (χ2v) is 8.31. The molecule has 0 atom stereocenters. The number of rotatable bonds is 7. The summed E-state index contributed by atoms with van der Waals surface area (Å²) in [5.74, 6) is 1.47. The van der Waals surface area contributed by atoms with Gasteiger partial charge in [0.15, 0.2) is 0 Å². The average Bonchev–Trinajstić information content (AvgIpc) is 2.94. The summed E-state index contributed by atoms with van der Waals surface area (Å²) in [7, 11) is 3.05. The Bertz CT molecular complexity index is 1670. The van der Waals surface area contributed by atoms with Gasteiger partial charge >= 0.3 is 6.03 Å². The molecule has 0 spiro atoms. The maximum Gasteiger partial charge on any atom is 0.323 e. The zero-order valence-electron chi connectivity index (χ0n) is 20.6. The molecule has 5 rings (SSSR count). The topological polar surface area (TPSA) is 125 Å². The van der Waals surface area contributed by atoms with Crippen LogP contribution >= 0.6 is 0 Å². The number of methoxy groups -OCH3 is 2. The summed E-state index contributed by atoms with van der Waals surface area (Å²) in [5, 5.41) is 7.89. The van der Waals surface area contributed by atoms with Crippen molar-refractivity contribution in [1.29, 1.82) is 0 Å². The number of fused-ring (bicyclic) bond motifs is 2. The molecule has 3 amide bonds. The minimum Gasteiger partial charge on any atom is -0.497 e. The van der Waals surface area contributed by atoms with E-state index >= 15 is 0 Å². The summed E-state index contributed by atoms with van der Waals surface area (Å²) in [5.41, 5.74) is 7.60. The minimum atomic E-state index is -0.618. The summed E-state index contributed by atoms with van der Waals surface area (Å²) < 4.78 is 16.8. The molecule has 4 N–H and O–H groups in total. The molecule has 0 aliphatic rings. The van der Waals surface area contributed by atoms with E-state index in [1.807, 2.05) is 24.3 Å². The van der Waals surface area contributed by atoms with Crippen LogP contribution in [0, 0.1) is 0 Å². The fourth-order valence-corrected chi connectivity index (χ4v) is 4.15. The molecule has 0 unspecified atom stereocenters. The summed E-state index contributed by atoms with van der Waals surface area (Å²) in [6.45, 7) is 0. The number of nitrogens with two attached hydrogens (primary N) is 1. The quantitative estimate of drug-likeness (QED) is 0.250. The first-order chi connectivity index (χ1) is 18.5. The molecule has 0 bridgehead atoms. The lowest BCUT2D eigenvalue weighted by Gasteiger charge is -2.15. The van der Waals surface area contributed by atoms with Gasteiger partial charge in [-0.1, -0.05) is 24.3 Å². The van der Waals surface area contributed by atoms with E-state index < -0.39 is 5.91 Å². The van der Waals surface area contributed by atoms with Gasteiger partial charge in [-0.25, -0.2) is 4.79 Å². The van der Waals surface area contributed by atoms with Crippen LogP contribution in [0.2, 0.25) is 0 Å². The van der Waals surface area contributed by atoms with E-state index in [0.717, 1.165) is 10.8 Å². The zero-order valence-corrected chi connectivity index (χ0v) is 20.6. The standard InChI is InChI=1S/C29H24N4O5/c1-36-18-9-7-17(8-10-18)32-29(35)33-23-11-12-25(20-6-4-3-5-19(20)23)38-26-13-14-31-24-16-27(37-2)22(28(30)34)15-21(24)26/h3-16H,1-2H3,(H2,30,34)(H2,32,33,35). The number of amides is 3. The molecule has 0 saturated heterocycles. The third-order valence-corrected chi connectivity index (χ3v) is 5.99. The van der Waals surface area contributed by atoms with Crippen molar-refractivity contribution < 1.29 is 23.8 Å². The first-order valence-corrected chi connectivity index (χ1v) is 11.6. The Morgan fingerprint density at radius 3 is 2.21 bits per heavy atom. The summed E-state index contributed by atoms with van der Waals surface area (Å²) in [6.07, 6.45) is 1.61. The molecule has 0 aliphatic heterocycles. The van der Waals surface area contributed by atoms with Gasteiger partial charge in [0.2, 0.25) is 0 Å². The number of pyridine rings is 1. The van der Waals surface area contributed by atoms with E-state index in [4.69, 9.17) is 19.9 Å². The number of primary amides is 1. The minimum absolute atomic E-state index is 0.227. The number of carbonyl (C=O) groups excluding carboxylic acids is 2. The number of urea groups is 1. The lowest BCUT2D eigenvalue weighted by molar-refractivity contribution is 0.0997. The summed E-state index contributed by atoms with van der Waals surface area (Å²) in [4.78, 5) is 29.0. The molecule has 9 nitrogen and oxygen atoms in total. The SMILES string of the molecule is COc1ccc(NC(=O)Nc2ccc(Oc3ccnc4cc(OC)c(C(N)=O)cc34)c3ccccc23)cc1. The number of nitrogens with one attached hydrogen (secondary N) is 2. The number of carbonyl (C=O) groups is 2. The maximum atomic E-state index is 12.7. The highest BCUT2D eigenvalue weighted by molar-refractivity contribution is 6.08. The van der Waals surface area contributed by atoms with Crippen molar-refractivity contribution in [2.45, 2.75) is 0 Å².